The number of hydrogen-bond acceptors (Lipinski definition) is 6. The van der Waals surface area contributed by atoms with E-state index >= 15 is 0 Å². The van der Waals surface area contributed by atoms with Crippen LogP contribution in [0.4, 0.5) is 0 Å². The molecule has 0 aromatic heterocycles. The Labute approximate surface area is 309 Å². The van der Waals surface area contributed by atoms with E-state index in [9.17, 15) is 24.3 Å². The van der Waals surface area contributed by atoms with Gasteiger partial charge in [0.2, 0.25) is 0 Å². The summed E-state index contributed by atoms with van der Waals surface area (Å²) in [6.07, 6.45) is 14.5. The molecule has 0 bridgehead atoms. The number of benzene rings is 3. The lowest BCUT2D eigenvalue weighted by molar-refractivity contribution is 0.0450. The quantitative estimate of drug-likeness (QED) is 0.0928. The molecule has 8 heteroatoms. The Morgan fingerprint density at radius 1 is 0.577 bits per heavy atom. The first-order valence-electron chi connectivity index (χ1n) is 19.0. The van der Waals surface area contributed by atoms with Gasteiger partial charge in [0.15, 0.2) is 0 Å². The zero-order chi connectivity index (χ0) is 38.1. The molecule has 8 nitrogen and oxygen atoms in total. The summed E-state index contributed by atoms with van der Waals surface area (Å²) in [4.78, 5) is 47.1. The first-order valence-corrected chi connectivity index (χ1v) is 19.0. The predicted octanol–water partition coefficient (Wildman–Crippen LogP) is 10.8. The minimum Gasteiger partial charge on any atom is -0.478 e. The van der Waals surface area contributed by atoms with Crippen LogP contribution in [0.15, 0.2) is 66.7 Å². The summed E-state index contributed by atoms with van der Waals surface area (Å²) in [5.41, 5.74) is 3.85. The number of carboxylic acid groups (broad SMARTS) is 2. The zero-order valence-electron chi connectivity index (χ0n) is 31.8. The molecule has 0 saturated heterocycles. The van der Waals surface area contributed by atoms with Crippen molar-refractivity contribution in [2.45, 2.75) is 129 Å². The van der Waals surface area contributed by atoms with Crippen molar-refractivity contribution in [2.24, 2.45) is 0 Å². The summed E-state index contributed by atoms with van der Waals surface area (Å²) < 4.78 is 10.7. The smallest absolute Gasteiger partial charge is 0.339 e. The average molecular weight is 715 g/mol. The molecular weight excluding hydrogens is 656 g/mol. The molecule has 1 unspecified atom stereocenters. The van der Waals surface area contributed by atoms with Gasteiger partial charge in [0, 0.05) is 5.41 Å². The standard InChI is InChI=1S/C24H38O4.C20H20O4/c1-3-5-7-9-11-15-19-27-23(25)21-17-13-14-18-22(21)24(26)28-20-16-12-10-8-6-4-2;1-19(2)11-20(3,14-7-4-12(5-8-14)17(21)22)16-10-13(18(23)24)6-9-15(16)19/h13-14,17-18H,3-12,15-16,19-20H2,1-2H3;4-10H,11H2,1-3H3,(H,21,22)(H,23,24). The monoisotopic (exact) mass is 714 g/mol. The molecule has 0 amide bonds. The van der Waals surface area contributed by atoms with Crippen LogP contribution < -0.4 is 0 Å². The lowest BCUT2D eigenvalue weighted by atomic mass is 9.75. The zero-order valence-corrected chi connectivity index (χ0v) is 31.8. The molecule has 282 valence electrons. The first kappa shape index (κ1) is 42.0. The van der Waals surface area contributed by atoms with Crippen LogP contribution in [0.5, 0.6) is 0 Å². The van der Waals surface area contributed by atoms with E-state index in [-0.39, 0.29) is 22.0 Å². The molecule has 1 aliphatic rings. The van der Waals surface area contributed by atoms with Gasteiger partial charge in [0.05, 0.1) is 35.5 Å². The summed E-state index contributed by atoms with van der Waals surface area (Å²) in [5, 5.41) is 18.4. The Hall–Kier alpha value is -4.46. The molecule has 52 heavy (non-hydrogen) atoms. The summed E-state index contributed by atoms with van der Waals surface area (Å²) in [6, 6.07) is 19.0. The molecular formula is C44H58O8. The van der Waals surface area contributed by atoms with Crippen molar-refractivity contribution in [1.82, 2.24) is 0 Å². The van der Waals surface area contributed by atoms with E-state index in [1.165, 1.54) is 51.4 Å². The molecule has 0 fully saturated rings. The van der Waals surface area contributed by atoms with Gasteiger partial charge in [0.1, 0.15) is 0 Å². The lowest BCUT2D eigenvalue weighted by Crippen LogP contribution is -2.23. The van der Waals surface area contributed by atoms with Crippen LogP contribution >= 0.6 is 0 Å². The van der Waals surface area contributed by atoms with Crippen LogP contribution in [0.3, 0.4) is 0 Å². The van der Waals surface area contributed by atoms with E-state index in [1.54, 1.807) is 48.5 Å². The van der Waals surface area contributed by atoms with Crippen molar-refractivity contribution in [3.8, 4) is 0 Å². The van der Waals surface area contributed by atoms with E-state index < -0.39 is 23.9 Å². The number of rotatable bonds is 19. The van der Waals surface area contributed by atoms with Crippen molar-refractivity contribution >= 4 is 23.9 Å². The van der Waals surface area contributed by atoms with Crippen LogP contribution in [0.2, 0.25) is 0 Å². The summed E-state index contributed by atoms with van der Waals surface area (Å²) in [7, 11) is 0. The number of esters is 2. The van der Waals surface area contributed by atoms with Crippen molar-refractivity contribution in [2.75, 3.05) is 13.2 Å². The van der Waals surface area contributed by atoms with Crippen LogP contribution in [0.25, 0.3) is 0 Å². The van der Waals surface area contributed by atoms with Crippen molar-refractivity contribution < 1.29 is 38.9 Å². The number of fused-ring (bicyclic) bond motifs is 1. The fraction of sp³-hybridized carbons (Fsp3) is 0.500. The Morgan fingerprint density at radius 2 is 1.02 bits per heavy atom. The third-order valence-electron chi connectivity index (χ3n) is 9.98. The molecule has 0 spiro atoms. The van der Waals surface area contributed by atoms with E-state index in [1.807, 2.05) is 18.2 Å². The number of hydrogen-bond donors (Lipinski definition) is 2. The van der Waals surface area contributed by atoms with Gasteiger partial charge in [-0.3, -0.25) is 0 Å². The first-order chi connectivity index (χ1) is 24.9. The fourth-order valence-corrected chi connectivity index (χ4v) is 7.13. The molecule has 0 heterocycles. The molecule has 1 aliphatic carbocycles. The number of carbonyl (C=O) groups is 4. The SMILES string of the molecule is CC1(C)CC(C)(c2ccc(C(=O)O)cc2)c2cc(C(=O)O)ccc21.CCCCCCCCOC(=O)c1ccccc1C(=O)OCCCCCCCC. The minimum absolute atomic E-state index is 0.0768. The topological polar surface area (TPSA) is 127 Å². The Balaban J connectivity index is 0.000000283. The number of ether oxygens (including phenoxy) is 2. The number of unbranched alkanes of at least 4 members (excludes halogenated alkanes) is 10. The summed E-state index contributed by atoms with van der Waals surface area (Å²) in [6.45, 7) is 11.6. The number of carboxylic acids is 2. The second kappa shape index (κ2) is 20.5. The Morgan fingerprint density at radius 3 is 1.48 bits per heavy atom. The average Bonchev–Trinajstić information content (AvgIpc) is 3.35. The molecule has 0 aliphatic heterocycles. The molecule has 4 rings (SSSR count). The highest BCUT2D eigenvalue weighted by molar-refractivity contribution is 6.03. The normalized spacial score (nSPS) is 15.6. The highest BCUT2D eigenvalue weighted by atomic mass is 16.5. The molecule has 1 atom stereocenters. The van der Waals surface area contributed by atoms with Crippen LogP contribution in [0, 0.1) is 0 Å². The second-order valence-electron chi connectivity index (χ2n) is 14.7. The van der Waals surface area contributed by atoms with Crippen LogP contribution in [0.1, 0.15) is 176 Å². The van der Waals surface area contributed by atoms with Gasteiger partial charge in [-0.15, -0.1) is 0 Å². The van der Waals surface area contributed by atoms with E-state index in [0.717, 1.165) is 48.8 Å². The van der Waals surface area contributed by atoms with Gasteiger partial charge in [0.25, 0.3) is 0 Å². The van der Waals surface area contributed by atoms with Crippen molar-refractivity contribution in [3.63, 3.8) is 0 Å². The Bertz CT molecular complexity index is 1570. The summed E-state index contributed by atoms with van der Waals surface area (Å²) in [5.74, 6) is -2.78. The van der Waals surface area contributed by atoms with E-state index in [0.29, 0.717) is 24.3 Å². The van der Waals surface area contributed by atoms with Crippen molar-refractivity contribution in [1.29, 1.82) is 0 Å². The second-order valence-corrected chi connectivity index (χ2v) is 14.7. The predicted molar refractivity (Wildman–Crippen MR) is 205 cm³/mol. The number of carbonyl (C=O) groups excluding carboxylic acids is 2. The van der Waals surface area contributed by atoms with Crippen LogP contribution in [-0.4, -0.2) is 47.3 Å². The van der Waals surface area contributed by atoms with E-state index in [4.69, 9.17) is 14.6 Å². The third kappa shape index (κ3) is 11.8. The van der Waals surface area contributed by atoms with Gasteiger partial charge >= 0.3 is 23.9 Å². The van der Waals surface area contributed by atoms with Gasteiger partial charge in [-0.05, 0) is 77.8 Å². The maximum Gasteiger partial charge on any atom is 0.339 e. The van der Waals surface area contributed by atoms with Gasteiger partial charge in [-0.2, -0.15) is 0 Å². The van der Waals surface area contributed by atoms with Crippen molar-refractivity contribution in [3.05, 3.63) is 106 Å². The maximum absolute atomic E-state index is 12.4. The maximum atomic E-state index is 12.4. The highest BCUT2D eigenvalue weighted by Gasteiger charge is 2.46. The molecule has 0 radical (unpaired) electrons. The summed E-state index contributed by atoms with van der Waals surface area (Å²) >= 11 is 0. The molecule has 3 aromatic carbocycles. The third-order valence-corrected chi connectivity index (χ3v) is 9.98. The molecule has 2 N–H and O–H groups in total. The molecule has 0 saturated carbocycles. The fourth-order valence-electron chi connectivity index (χ4n) is 7.13. The van der Waals surface area contributed by atoms with Gasteiger partial charge in [-0.25, -0.2) is 19.2 Å². The largest absolute Gasteiger partial charge is 0.478 e. The van der Waals surface area contributed by atoms with Gasteiger partial charge in [-0.1, -0.05) is 129 Å². The Kier molecular flexibility index (Phi) is 16.6. The van der Waals surface area contributed by atoms with Crippen LogP contribution in [-0.2, 0) is 20.3 Å². The minimum atomic E-state index is -0.952. The van der Waals surface area contributed by atoms with E-state index in [2.05, 4.69) is 34.6 Å². The number of aromatic carboxylic acids is 2. The molecule has 3 aromatic rings. The lowest BCUT2D eigenvalue weighted by Gasteiger charge is -2.28. The van der Waals surface area contributed by atoms with Gasteiger partial charge < -0.3 is 19.7 Å². The highest BCUT2D eigenvalue weighted by Crippen LogP contribution is 2.52.